The molecule has 6 aromatic carbocycles. The Bertz CT molecular complexity index is 1880. The van der Waals surface area contributed by atoms with E-state index in [1.54, 1.807) is 0 Å². The van der Waals surface area contributed by atoms with E-state index < -0.39 is 8.07 Å². The number of nitrogens with zero attached hydrogens (tertiary/aromatic N) is 1. The van der Waals surface area contributed by atoms with Gasteiger partial charge >= 0.3 is 0 Å². The number of aryl methyl sites for hydroxylation is 1. The lowest BCUT2D eigenvalue weighted by Gasteiger charge is -2.34. The topological polar surface area (TPSA) is 4.93 Å². The summed E-state index contributed by atoms with van der Waals surface area (Å²) < 4.78 is 2.53. The van der Waals surface area contributed by atoms with Crippen molar-refractivity contribution in [2.75, 3.05) is 0 Å². The van der Waals surface area contributed by atoms with Crippen LogP contribution in [0.2, 0.25) is 0 Å². The van der Waals surface area contributed by atoms with Crippen LogP contribution in [0.3, 0.4) is 0 Å². The van der Waals surface area contributed by atoms with E-state index >= 15 is 0 Å². The fourth-order valence-electron chi connectivity index (χ4n) is 7.15. The predicted molar refractivity (Wildman–Crippen MR) is 193 cm³/mol. The predicted octanol–water partition coefficient (Wildman–Crippen LogP) is 8.42. The molecule has 0 fully saturated rings. The third-order valence-electron chi connectivity index (χ3n) is 9.28. The largest absolute Gasteiger partial charge is 0.340 e. The first-order chi connectivity index (χ1) is 21.8. The van der Waals surface area contributed by atoms with Gasteiger partial charge in [0.15, 0.2) is 8.07 Å². The van der Waals surface area contributed by atoms with Gasteiger partial charge in [-0.05, 0) is 56.5 Å². The van der Waals surface area contributed by atoms with Crippen LogP contribution in [-0.4, -0.2) is 12.6 Å². The van der Waals surface area contributed by atoms with Gasteiger partial charge in [-0.15, -0.1) is 0 Å². The maximum atomic E-state index is 2.53. The monoisotopic (exact) mass is 585 g/mol. The van der Waals surface area contributed by atoms with Crippen LogP contribution in [0.15, 0.2) is 158 Å². The smallest absolute Gasteiger partial charge is 0.179 e. The highest BCUT2D eigenvalue weighted by Gasteiger charge is 2.41. The normalized spacial score (nSPS) is 11.8. The number of aromatic nitrogens is 1. The van der Waals surface area contributed by atoms with Crippen LogP contribution in [-0.2, 0) is 6.54 Å². The molecule has 7 rings (SSSR count). The van der Waals surface area contributed by atoms with Gasteiger partial charge in [0.1, 0.15) is 0 Å². The molecule has 0 radical (unpaired) electrons. The molecule has 1 nitrogen and oxygen atoms in total. The molecule has 0 unspecified atom stereocenters. The third kappa shape index (κ3) is 5.00. The zero-order valence-electron chi connectivity index (χ0n) is 25.5. The van der Waals surface area contributed by atoms with Crippen molar-refractivity contribution in [3.63, 3.8) is 0 Å². The maximum Gasteiger partial charge on any atom is 0.179 e. The third-order valence-corrected chi connectivity index (χ3v) is 14.1. The minimum absolute atomic E-state index is 1.07. The van der Waals surface area contributed by atoms with Crippen LogP contribution in [0.4, 0.5) is 0 Å². The summed E-state index contributed by atoms with van der Waals surface area (Å²) in [4.78, 5) is 0. The SMILES string of the molecule is CCCCCCn1c2ccccc2c2cc(-c3ccc([Si](c4ccccc4)(c4ccccc4)c4ccccc4)cc3)ccc21. The van der Waals surface area contributed by atoms with Crippen molar-refractivity contribution < 1.29 is 0 Å². The van der Waals surface area contributed by atoms with Crippen LogP contribution in [0, 0.1) is 0 Å². The molecular formula is C42H39NSi. The first kappa shape index (κ1) is 28.1. The van der Waals surface area contributed by atoms with E-state index in [9.17, 15) is 0 Å². The molecule has 0 aliphatic rings. The number of para-hydroxylation sites is 1. The van der Waals surface area contributed by atoms with Gasteiger partial charge in [0.2, 0.25) is 0 Å². The average Bonchev–Trinajstić information content (AvgIpc) is 3.41. The Balaban J connectivity index is 1.34. The average molecular weight is 586 g/mol. The van der Waals surface area contributed by atoms with E-state index in [1.807, 2.05) is 0 Å². The van der Waals surface area contributed by atoms with Crippen molar-refractivity contribution in [3.05, 3.63) is 158 Å². The first-order valence-electron chi connectivity index (χ1n) is 16.1. The van der Waals surface area contributed by atoms with Gasteiger partial charge in [-0.2, -0.15) is 0 Å². The van der Waals surface area contributed by atoms with Gasteiger partial charge in [-0.3, -0.25) is 0 Å². The molecule has 216 valence electrons. The van der Waals surface area contributed by atoms with Crippen LogP contribution in [0.5, 0.6) is 0 Å². The number of hydrogen-bond donors (Lipinski definition) is 0. The number of unbranched alkanes of at least 4 members (excludes halogenated alkanes) is 3. The Labute approximate surface area is 262 Å². The summed E-state index contributed by atoms with van der Waals surface area (Å²) in [7, 11) is -2.52. The molecule has 1 aromatic heterocycles. The molecule has 44 heavy (non-hydrogen) atoms. The summed E-state index contributed by atoms with van der Waals surface area (Å²) in [6.07, 6.45) is 5.08. The molecule has 7 aromatic rings. The maximum absolute atomic E-state index is 2.53. The molecule has 0 saturated carbocycles. The molecular weight excluding hydrogens is 547 g/mol. The van der Waals surface area contributed by atoms with Crippen molar-refractivity contribution in [3.8, 4) is 11.1 Å². The van der Waals surface area contributed by atoms with Gasteiger partial charge in [0.25, 0.3) is 0 Å². The summed E-state index contributed by atoms with van der Waals surface area (Å²) in [5, 5.41) is 8.30. The summed E-state index contributed by atoms with van der Waals surface area (Å²) in [6, 6.07) is 58.9. The Morgan fingerprint density at radius 2 is 0.932 bits per heavy atom. The van der Waals surface area contributed by atoms with E-state index in [-0.39, 0.29) is 0 Å². The lowest BCUT2D eigenvalue weighted by molar-refractivity contribution is 0.602. The van der Waals surface area contributed by atoms with E-state index in [4.69, 9.17) is 0 Å². The number of rotatable bonds is 10. The molecule has 0 aliphatic heterocycles. The fraction of sp³-hybridized carbons (Fsp3) is 0.143. The number of benzene rings is 6. The van der Waals surface area contributed by atoms with Gasteiger partial charge in [0.05, 0.1) is 0 Å². The molecule has 0 aliphatic carbocycles. The fourth-order valence-corrected chi connectivity index (χ4v) is 11.9. The molecule has 0 N–H and O–H groups in total. The Hall–Kier alpha value is -4.66. The Kier molecular flexibility index (Phi) is 8.00. The zero-order valence-corrected chi connectivity index (χ0v) is 26.5. The summed E-state index contributed by atoms with van der Waals surface area (Å²) in [5.74, 6) is 0. The second kappa shape index (κ2) is 12.5. The lowest BCUT2D eigenvalue weighted by atomic mass is 10.0. The highest BCUT2D eigenvalue weighted by Crippen LogP contribution is 2.33. The standard InChI is InChI=1S/C42H39NSi/c1-2-3-4-16-31-43-41-24-15-14-23-39(41)40-32-34(27-30-42(40)43)33-25-28-38(29-26-33)44(35-17-8-5-9-18-35,36-19-10-6-11-20-36)37-21-12-7-13-22-37/h5-15,17-30,32H,2-4,16,31H2,1H3. The highest BCUT2D eigenvalue weighted by atomic mass is 28.3. The van der Waals surface area contributed by atoms with E-state index in [0.29, 0.717) is 0 Å². The second-order valence-electron chi connectivity index (χ2n) is 11.9. The van der Waals surface area contributed by atoms with Gasteiger partial charge < -0.3 is 4.57 Å². The summed E-state index contributed by atoms with van der Waals surface area (Å²) in [6.45, 7) is 3.35. The molecule has 0 bridgehead atoms. The zero-order chi connectivity index (χ0) is 29.8. The van der Waals surface area contributed by atoms with Crippen molar-refractivity contribution in [2.24, 2.45) is 0 Å². The van der Waals surface area contributed by atoms with Gasteiger partial charge in [-0.25, -0.2) is 0 Å². The molecule has 0 atom stereocenters. The van der Waals surface area contributed by atoms with E-state index in [0.717, 1.165) is 6.54 Å². The Morgan fingerprint density at radius 3 is 1.52 bits per heavy atom. The molecule has 0 saturated heterocycles. The Morgan fingerprint density at radius 1 is 0.432 bits per heavy atom. The van der Waals surface area contributed by atoms with Gasteiger partial charge in [0, 0.05) is 28.4 Å². The van der Waals surface area contributed by atoms with Crippen LogP contribution < -0.4 is 20.7 Å². The first-order valence-corrected chi connectivity index (χ1v) is 18.1. The lowest BCUT2D eigenvalue weighted by Crippen LogP contribution is -2.74. The molecule has 0 spiro atoms. The highest BCUT2D eigenvalue weighted by molar-refractivity contribution is 7.19. The van der Waals surface area contributed by atoms with E-state index in [2.05, 4.69) is 169 Å². The van der Waals surface area contributed by atoms with Crippen molar-refractivity contribution in [2.45, 2.75) is 39.2 Å². The number of hydrogen-bond acceptors (Lipinski definition) is 0. The van der Waals surface area contributed by atoms with Crippen LogP contribution >= 0.6 is 0 Å². The minimum Gasteiger partial charge on any atom is -0.340 e. The summed E-state index contributed by atoms with van der Waals surface area (Å²) >= 11 is 0. The van der Waals surface area contributed by atoms with E-state index in [1.165, 1.54) is 79.4 Å². The molecule has 1 heterocycles. The quantitative estimate of drug-likeness (QED) is 0.0863. The molecule has 0 amide bonds. The minimum atomic E-state index is -2.52. The van der Waals surface area contributed by atoms with Crippen LogP contribution in [0.25, 0.3) is 32.9 Å². The molecule has 2 heteroatoms. The van der Waals surface area contributed by atoms with Gasteiger partial charge in [-0.1, -0.05) is 166 Å². The van der Waals surface area contributed by atoms with Crippen LogP contribution in [0.1, 0.15) is 32.6 Å². The summed E-state index contributed by atoms with van der Waals surface area (Å²) in [5.41, 5.74) is 5.21. The van der Waals surface area contributed by atoms with Crippen molar-refractivity contribution in [1.29, 1.82) is 0 Å². The number of fused-ring (bicyclic) bond motifs is 3. The van der Waals surface area contributed by atoms with Crippen molar-refractivity contribution in [1.82, 2.24) is 4.57 Å². The second-order valence-corrected chi connectivity index (χ2v) is 15.7. The van der Waals surface area contributed by atoms with Crippen molar-refractivity contribution >= 4 is 50.6 Å².